The Labute approximate surface area is 287 Å². The van der Waals surface area contributed by atoms with E-state index in [0.29, 0.717) is 0 Å². The van der Waals surface area contributed by atoms with Gasteiger partial charge in [-0.05, 0) is 73.9 Å². The Balaban J connectivity index is 0.00000120. The third-order valence-electron chi connectivity index (χ3n) is 7.87. The van der Waals surface area contributed by atoms with Crippen LogP contribution in [0, 0.1) is 13.8 Å². The molecule has 2 nitrogen and oxygen atoms in total. The van der Waals surface area contributed by atoms with Crippen molar-refractivity contribution >= 4 is 11.4 Å². The van der Waals surface area contributed by atoms with Crippen molar-refractivity contribution in [2.45, 2.75) is 150 Å². The Hall–Kier alpha value is -1.82. The fourth-order valence-electron chi connectivity index (χ4n) is 5.20. The van der Waals surface area contributed by atoms with Crippen molar-refractivity contribution in [3.05, 3.63) is 102 Å². The molecule has 0 N–H and O–H groups in total. The number of hydrogen-bond donors (Lipinski definition) is 0. The molecule has 0 saturated heterocycles. The van der Waals surface area contributed by atoms with Crippen molar-refractivity contribution in [1.29, 1.82) is 0 Å². The van der Waals surface area contributed by atoms with Crippen LogP contribution < -0.4 is 0 Å². The van der Waals surface area contributed by atoms with E-state index in [-0.39, 0.29) is 20.4 Å². The molecule has 0 aromatic heterocycles. The quantitative estimate of drug-likeness (QED) is 0.0644. The molecule has 3 heteroatoms. The molecule has 0 bridgehead atoms. The van der Waals surface area contributed by atoms with E-state index in [1.54, 1.807) is 0 Å². The first-order valence-electron chi connectivity index (χ1n) is 17.7. The zero-order valence-electron chi connectivity index (χ0n) is 29.0. The second-order valence-electron chi connectivity index (χ2n) is 11.9. The summed E-state index contributed by atoms with van der Waals surface area (Å²) in [5.41, 5.74) is 19.3. The molecule has 44 heavy (non-hydrogen) atoms. The van der Waals surface area contributed by atoms with Crippen LogP contribution in [0.5, 0.6) is 0 Å². The van der Waals surface area contributed by atoms with Crippen LogP contribution in [0.3, 0.4) is 0 Å². The summed E-state index contributed by atoms with van der Waals surface area (Å²) in [7, 11) is 0. The molecular formula is C41H64N2Pd. The first-order chi connectivity index (χ1) is 21.0. The SMILES string of the molecule is CCCCCc1cccc(C2=C(CCCC)C=C(c3cccc(CCCC)c3)[N+]2=[N-])c1.[CH2-]CCCCC.[CH2-]CCCCC.[Pd+2]. The van der Waals surface area contributed by atoms with Crippen LogP contribution in [0.25, 0.3) is 16.9 Å². The standard InChI is InChI=1S/C29H38N2.2C6H13.Pd/c1-4-7-10-14-24-16-12-19-26(21-24)29-27(17-9-6-3)22-28(31(29)30)25-18-11-15-23(20-25)13-8-5-2;2*1-3-5-6-4-2;/h11-12,15-16,18-22H,4-10,13-14,17H2,1-3H3;2*1,3-6H2,2H3;/q;2*-1;+2. The third-order valence-corrected chi connectivity index (χ3v) is 7.87. The van der Waals surface area contributed by atoms with E-state index in [2.05, 4.69) is 103 Å². The Morgan fingerprint density at radius 2 is 1.02 bits per heavy atom. The van der Waals surface area contributed by atoms with Gasteiger partial charge in [-0.1, -0.05) is 123 Å². The van der Waals surface area contributed by atoms with Crippen molar-refractivity contribution in [3.63, 3.8) is 0 Å². The van der Waals surface area contributed by atoms with Crippen LogP contribution in [0.2, 0.25) is 0 Å². The summed E-state index contributed by atoms with van der Waals surface area (Å²) in [6, 6.07) is 17.4. The Morgan fingerprint density at radius 1 is 0.568 bits per heavy atom. The largest absolute Gasteiger partial charge is 2.00 e. The predicted octanol–water partition coefficient (Wildman–Crippen LogP) is 13.6. The molecule has 248 valence electrons. The summed E-state index contributed by atoms with van der Waals surface area (Å²) in [5.74, 6) is 0. The average Bonchev–Trinajstić information content (AvgIpc) is 3.37. The maximum Gasteiger partial charge on any atom is 2.00 e. The molecule has 0 spiro atoms. The summed E-state index contributed by atoms with van der Waals surface area (Å²) >= 11 is 0. The molecule has 0 saturated carbocycles. The number of aryl methyl sites for hydroxylation is 2. The van der Waals surface area contributed by atoms with Gasteiger partial charge in [0.15, 0.2) is 0 Å². The number of rotatable bonds is 18. The molecule has 0 atom stereocenters. The van der Waals surface area contributed by atoms with Gasteiger partial charge in [0.25, 0.3) is 0 Å². The number of hydrogen-bond acceptors (Lipinski definition) is 0. The Bertz CT molecular complexity index is 1070. The number of unbranched alkanes of at least 4 members (excludes halogenated alkanes) is 10. The predicted molar refractivity (Wildman–Crippen MR) is 192 cm³/mol. The number of allylic oxidation sites excluding steroid dienone is 2. The van der Waals surface area contributed by atoms with Gasteiger partial charge in [0, 0.05) is 22.8 Å². The zero-order valence-corrected chi connectivity index (χ0v) is 30.6. The van der Waals surface area contributed by atoms with Gasteiger partial charge in [-0.15, -0.1) is 0 Å². The van der Waals surface area contributed by atoms with Gasteiger partial charge in [-0.3, -0.25) is 0 Å². The van der Waals surface area contributed by atoms with Gasteiger partial charge in [0.1, 0.15) is 0 Å². The summed E-state index contributed by atoms with van der Waals surface area (Å²) in [5, 5.41) is 0. The zero-order chi connectivity index (χ0) is 31.7. The van der Waals surface area contributed by atoms with E-state index in [0.717, 1.165) is 67.5 Å². The van der Waals surface area contributed by atoms with E-state index >= 15 is 0 Å². The molecule has 0 amide bonds. The van der Waals surface area contributed by atoms with E-state index in [1.807, 2.05) is 0 Å². The molecule has 0 fully saturated rings. The van der Waals surface area contributed by atoms with Gasteiger partial charge >= 0.3 is 20.4 Å². The summed E-state index contributed by atoms with van der Waals surface area (Å²) in [6.45, 7) is 18.6. The molecule has 2 aromatic rings. The molecule has 2 aromatic carbocycles. The first-order valence-corrected chi connectivity index (χ1v) is 17.7. The molecule has 3 rings (SSSR count). The third kappa shape index (κ3) is 16.5. The van der Waals surface area contributed by atoms with Crippen LogP contribution in [-0.4, -0.2) is 4.70 Å². The van der Waals surface area contributed by atoms with Crippen LogP contribution in [0.4, 0.5) is 0 Å². The summed E-state index contributed by atoms with van der Waals surface area (Å²) in [6.07, 6.45) is 23.9. The van der Waals surface area contributed by atoms with Crippen LogP contribution in [0.1, 0.15) is 160 Å². The van der Waals surface area contributed by atoms with Gasteiger partial charge in [0.05, 0.1) is 0 Å². The maximum absolute atomic E-state index is 11.3. The first kappa shape index (κ1) is 42.2. The van der Waals surface area contributed by atoms with E-state index in [1.165, 1.54) is 92.0 Å². The maximum atomic E-state index is 11.3. The smallest absolute Gasteiger partial charge is 0.493 e. The van der Waals surface area contributed by atoms with Gasteiger partial charge in [-0.25, -0.2) is 4.70 Å². The Morgan fingerprint density at radius 3 is 1.52 bits per heavy atom. The second-order valence-corrected chi connectivity index (χ2v) is 11.9. The van der Waals surface area contributed by atoms with Gasteiger partial charge in [-0.2, -0.15) is 12.8 Å². The molecule has 0 radical (unpaired) electrons. The van der Waals surface area contributed by atoms with Crippen LogP contribution >= 0.6 is 0 Å². The topological polar surface area (TPSA) is 25.3 Å². The fourth-order valence-corrected chi connectivity index (χ4v) is 5.20. The van der Waals surface area contributed by atoms with Gasteiger partial charge in [0.2, 0.25) is 11.4 Å². The molecule has 1 aliphatic heterocycles. The van der Waals surface area contributed by atoms with Gasteiger partial charge < -0.3 is 19.4 Å². The van der Waals surface area contributed by atoms with Crippen LogP contribution in [-0.2, 0) is 33.3 Å². The number of nitrogens with zero attached hydrogens (tertiary/aromatic N) is 2. The van der Waals surface area contributed by atoms with E-state index in [4.69, 9.17) is 0 Å². The van der Waals surface area contributed by atoms with Crippen LogP contribution in [0.15, 0.2) is 60.2 Å². The monoisotopic (exact) mass is 690 g/mol. The van der Waals surface area contributed by atoms with E-state index < -0.39 is 0 Å². The molecule has 0 unspecified atom stereocenters. The molecule has 1 heterocycles. The molecular weight excluding hydrogens is 627 g/mol. The minimum Gasteiger partial charge on any atom is -0.493 e. The summed E-state index contributed by atoms with van der Waals surface area (Å²) < 4.78 is 1.44. The molecule has 0 aliphatic carbocycles. The Kier molecular flexibility index (Phi) is 26.4. The molecule has 1 aliphatic rings. The van der Waals surface area contributed by atoms with Crippen molar-refractivity contribution in [1.82, 2.24) is 0 Å². The van der Waals surface area contributed by atoms with Crippen molar-refractivity contribution in [3.8, 4) is 0 Å². The second kappa shape index (κ2) is 27.5. The van der Waals surface area contributed by atoms with Crippen molar-refractivity contribution in [2.75, 3.05) is 0 Å². The number of benzene rings is 2. The van der Waals surface area contributed by atoms with E-state index in [9.17, 15) is 5.53 Å². The normalized spacial score (nSPS) is 12.2. The fraction of sp³-hybridized carbons (Fsp3) is 0.561. The minimum atomic E-state index is 0. The minimum absolute atomic E-state index is 0. The van der Waals surface area contributed by atoms with Crippen molar-refractivity contribution in [2.24, 2.45) is 0 Å². The average molecular weight is 691 g/mol. The summed E-state index contributed by atoms with van der Waals surface area (Å²) in [4.78, 5) is 0. The van der Waals surface area contributed by atoms with Crippen molar-refractivity contribution < 1.29 is 25.1 Å².